The second kappa shape index (κ2) is 6.21. The molecule has 0 spiro atoms. The molecule has 5 heteroatoms. The normalized spacial score (nSPS) is 12.6. The van der Waals surface area contributed by atoms with Crippen LogP contribution >= 0.6 is 0 Å². The maximum Gasteiger partial charge on any atom is 0.243 e. The predicted octanol–water partition coefficient (Wildman–Crippen LogP) is 0.432. The van der Waals surface area contributed by atoms with Gasteiger partial charge >= 0.3 is 0 Å². The summed E-state index contributed by atoms with van der Waals surface area (Å²) in [5.41, 5.74) is 4.91. The fourth-order valence-electron chi connectivity index (χ4n) is 1.16. The number of rotatable bonds is 7. The van der Waals surface area contributed by atoms with Crippen LogP contribution in [0.2, 0.25) is 0 Å². The molecule has 15 heavy (non-hydrogen) atoms. The first-order valence-electron chi connectivity index (χ1n) is 4.83. The van der Waals surface area contributed by atoms with Crippen molar-refractivity contribution in [1.82, 2.24) is 5.32 Å². The smallest absolute Gasteiger partial charge is 0.243 e. The van der Waals surface area contributed by atoms with Crippen LogP contribution in [0, 0.1) is 0 Å². The van der Waals surface area contributed by atoms with Crippen LogP contribution < -0.4 is 11.1 Å². The number of carbonyl (C=O) groups excluding carboxylic acids is 1. The van der Waals surface area contributed by atoms with Crippen LogP contribution in [-0.2, 0) is 9.53 Å². The summed E-state index contributed by atoms with van der Waals surface area (Å²) in [6.07, 6.45) is 1.64. The van der Waals surface area contributed by atoms with Gasteiger partial charge in [0.2, 0.25) is 5.91 Å². The molecule has 84 valence electrons. The lowest BCUT2D eigenvalue weighted by Crippen LogP contribution is -2.25. The van der Waals surface area contributed by atoms with Gasteiger partial charge in [-0.3, -0.25) is 4.79 Å². The number of hydrogen-bond acceptors (Lipinski definition) is 4. The van der Waals surface area contributed by atoms with Crippen LogP contribution in [0.3, 0.4) is 0 Å². The van der Waals surface area contributed by atoms with Crippen molar-refractivity contribution in [3.05, 3.63) is 24.2 Å². The molecule has 0 aliphatic rings. The number of nitrogens with two attached hydrogens (primary N) is 1. The Labute approximate surface area is 88.6 Å². The topological polar surface area (TPSA) is 77.5 Å². The van der Waals surface area contributed by atoms with Gasteiger partial charge in [0, 0.05) is 6.54 Å². The molecule has 1 amide bonds. The Bertz CT molecular complexity index is 285. The SMILES string of the molecule is CC(NCCOCC(N)=O)c1ccco1. The number of ether oxygens (including phenoxy) is 1. The summed E-state index contributed by atoms with van der Waals surface area (Å²) in [5, 5.41) is 3.19. The first-order chi connectivity index (χ1) is 7.20. The second-order valence-corrected chi connectivity index (χ2v) is 3.21. The molecule has 0 aromatic carbocycles. The zero-order valence-electron chi connectivity index (χ0n) is 8.73. The highest BCUT2D eigenvalue weighted by molar-refractivity contribution is 5.74. The first kappa shape index (κ1) is 11.7. The van der Waals surface area contributed by atoms with E-state index in [1.807, 2.05) is 19.1 Å². The summed E-state index contributed by atoms with van der Waals surface area (Å²) in [4.78, 5) is 10.3. The lowest BCUT2D eigenvalue weighted by atomic mass is 10.2. The maximum atomic E-state index is 10.3. The average molecular weight is 212 g/mol. The van der Waals surface area contributed by atoms with E-state index < -0.39 is 5.91 Å². The highest BCUT2D eigenvalue weighted by Gasteiger charge is 2.06. The Morgan fingerprint density at radius 2 is 2.53 bits per heavy atom. The van der Waals surface area contributed by atoms with Gasteiger partial charge in [-0.1, -0.05) is 0 Å². The average Bonchev–Trinajstić information content (AvgIpc) is 2.69. The van der Waals surface area contributed by atoms with Gasteiger partial charge in [0.05, 0.1) is 18.9 Å². The van der Waals surface area contributed by atoms with Gasteiger partial charge in [0.25, 0.3) is 0 Å². The molecule has 5 nitrogen and oxygen atoms in total. The van der Waals surface area contributed by atoms with E-state index in [0.29, 0.717) is 13.2 Å². The first-order valence-corrected chi connectivity index (χ1v) is 4.83. The van der Waals surface area contributed by atoms with Crippen LogP contribution in [-0.4, -0.2) is 25.7 Å². The van der Waals surface area contributed by atoms with Gasteiger partial charge in [-0.05, 0) is 19.1 Å². The number of primary amides is 1. The van der Waals surface area contributed by atoms with E-state index in [2.05, 4.69) is 5.32 Å². The van der Waals surface area contributed by atoms with E-state index in [4.69, 9.17) is 14.9 Å². The summed E-state index contributed by atoms with van der Waals surface area (Å²) in [7, 11) is 0. The zero-order valence-corrected chi connectivity index (χ0v) is 8.73. The quantitative estimate of drug-likeness (QED) is 0.642. The third kappa shape index (κ3) is 4.62. The summed E-state index contributed by atoms with van der Waals surface area (Å²) in [6, 6.07) is 3.89. The molecule has 0 bridgehead atoms. The fourth-order valence-corrected chi connectivity index (χ4v) is 1.16. The minimum atomic E-state index is -0.450. The van der Waals surface area contributed by atoms with Crippen molar-refractivity contribution >= 4 is 5.91 Å². The van der Waals surface area contributed by atoms with E-state index in [1.54, 1.807) is 6.26 Å². The van der Waals surface area contributed by atoms with Crippen molar-refractivity contribution < 1.29 is 13.9 Å². The molecule has 1 unspecified atom stereocenters. The van der Waals surface area contributed by atoms with Gasteiger partial charge in [-0.15, -0.1) is 0 Å². The molecule has 1 aromatic rings. The molecule has 0 saturated heterocycles. The molecule has 1 rings (SSSR count). The van der Waals surface area contributed by atoms with Crippen molar-refractivity contribution in [2.75, 3.05) is 19.8 Å². The van der Waals surface area contributed by atoms with Crippen LogP contribution in [0.5, 0.6) is 0 Å². The maximum absolute atomic E-state index is 10.3. The van der Waals surface area contributed by atoms with E-state index in [0.717, 1.165) is 5.76 Å². The van der Waals surface area contributed by atoms with Crippen molar-refractivity contribution in [2.24, 2.45) is 5.73 Å². The highest BCUT2D eigenvalue weighted by atomic mass is 16.5. The van der Waals surface area contributed by atoms with Crippen LogP contribution in [0.4, 0.5) is 0 Å². The van der Waals surface area contributed by atoms with Crippen molar-refractivity contribution in [3.63, 3.8) is 0 Å². The van der Waals surface area contributed by atoms with Crippen molar-refractivity contribution in [2.45, 2.75) is 13.0 Å². The molecular weight excluding hydrogens is 196 g/mol. The van der Waals surface area contributed by atoms with Crippen LogP contribution in [0.15, 0.2) is 22.8 Å². The van der Waals surface area contributed by atoms with E-state index in [1.165, 1.54) is 0 Å². The minimum Gasteiger partial charge on any atom is -0.468 e. The standard InChI is InChI=1S/C10H16N2O3/c1-8(9-3-2-5-15-9)12-4-6-14-7-10(11)13/h2-3,5,8,12H,4,6-7H2,1H3,(H2,11,13). The number of hydrogen-bond donors (Lipinski definition) is 2. The predicted molar refractivity (Wildman–Crippen MR) is 55.1 cm³/mol. The molecule has 0 radical (unpaired) electrons. The number of furan rings is 1. The van der Waals surface area contributed by atoms with Gasteiger partial charge < -0.3 is 20.2 Å². The fraction of sp³-hybridized carbons (Fsp3) is 0.500. The van der Waals surface area contributed by atoms with E-state index in [9.17, 15) is 4.79 Å². The molecular formula is C10H16N2O3. The monoisotopic (exact) mass is 212 g/mol. The van der Waals surface area contributed by atoms with Crippen LogP contribution in [0.25, 0.3) is 0 Å². The number of amides is 1. The highest BCUT2D eigenvalue weighted by Crippen LogP contribution is 2.11. The molecule has 0 saturated carbocycles. The Morgan fingerprint density at radius 1 is 1.73 bits per heavy atom. The number of carbonyl (C=O) groups is 1. The van der Waals surface area contributed by atoms with Gasteiger partial charge in [0.1, 0.15) is 12.4 Å². The molecule has 0 fully saturated rings. The van der Waals surface area contributed by atoms with Crippen molar-refractivity contribution in [3.8, 4) is 0 Å². The molecule has 3 N–H and O–H groups in total. The summed E-state index contributed by atoms with van der Waals surface area (Å²) in [6.45, 7) is 3.06. The number of nitrogens with one attached hydrogen (secondary N) is 1. The minimum absolute atomic E-state index is 0.0309. The summed E-state index contributed by atoms with van der Waals surface area (Å²) in [5.74, 6) is 0.430. The van der Waals surface area contributed by atoms with Gasteiger partial charge in [-0.2, -0.15) is 0 Å². The Morgan fingerprint density at radius 3 is 3.13 bits per heavy atom. The lowest BCUT2D eigenvalue weighted by molar-refractivity contribution is -0.122. The molecule has 0 aliphatic heterocycles. The molecule has 0 aliphatic carbocycles. The second-order valence-electron chi connectivity index (χ2n) is 3.21. The Hall–Kier alpha value is -1.33. The summed E-state index contributed by atoms with van der Waals surface area (Å²) >= 11 is 0. The summed E-state index contributed by atoms with van der Waals surface area (Å²) < 4.78 is 10.2. The Balaban J connectivity index is 2.08. The third-order valence-corrected chi connectivity index (χ3v) is 1.91. The molecule has 1 heterocycles. The Kier molecular flexibility index (Phi) is 4.86. The zero-order chi connectivity index (χ0) is 11.1. The molecule has 1 atom stereocenters. The van der Waals surface area contributed by atoms with E-state index >= 15 is 0 Å². The largest absolute Gasteiger partial charge is 0.468 e. The van der Waals surface area contributed by atoms with Crippen molar-refractivity contribution in [1.29, 1.82) is 0 Å². The third-order valence-electron chi connectivity index (χ3n) is 1.91. The van der Waals surface area contributed by atoms with E-state index in [-0.39, 0.29) is 12.6 Å². The van der Waals surface area contributed by atoms with Crippen LogP contribution in [0.1, 0.15) is 18.7 Å². The van der Waals surface area contributed by atoms with Gasteiger partial charge in [0.15, 0.2) is 0 Å². The molecule has 1 aromatic heterocycles. The lowest BCUT2D eigenvalue weighted by Gasteiger charge is -2.10. The van der Waals surface area contributed by atoms with Gasteiger partial charge in [-0.25, -0.2) is 0 Å².